The summed E-state index contributed by atoms with van der Waals surface area (Å²) in [6, 6.07) is 8.60. The van der Waals surface area contributed by atoms with Crippen molar-refractivity contribution >= 4 is 17.1 Å². The van der Waals surface area contributed by atoms with E-state index >= 15 is 0 Å². The van der Waals surface area contributed by atoms with E-state index in [1.165, 1.54) is 0 Å². The van der Waals surface area contributed by atoms with Gasteiger partial charge in [0.1, 0.15) is 5.52 Å². The van der Waals surface area contributed by atoms with Gasteiger partial charge in [-0.25, -0.2) is 0 Å². The molecule has 1 unspecified atom stereocenters. The third kappa shape index (κ3) is 2.94. The Kier molecular flexibility index (Phi) is 4.18. The first-order chi connectivity index (χ1) is 9.86. The molecule has 1 aromatic heterocycles. The number of rotatable bonds is 6. The topological polar surface area (TPSA) is 47.7 Å². The number of benzene rings is 1. The van der Waals surface area contributed by atoms with Crippen LogP contribution in [0.15, 0.2) is 28.7 Å². The highest BCUT2D eigenvalue weighted by Crippen LogP contribution is 2.26. The van der Waals surface area contributed by atoms with Gasteiger partial charge in [0.25, 0.3) is 6.01 Å². The van der Waals surface area contributed by atoms with Gasteiger partial charge in [-0.15, -0.1) is 0 Å². The Bertz CT molecular complexity index is 522. The van der Waals surface area contributed by atoms with Crippen molar-refractivity contribution in [3.8, 4) is 0 Å². The predicted octanol–water partition coefficient (Wildman–Crippen LogP) is 2.32. The van der Waals surface area contributed by atoms with Crippen molar-refractivity contribution in [2.75, 3.05) is 44.9 Å². The van der Waals surface area contributed by atoms with Gasteiger partial charge in [-0.05, 0) is 18.6 Å². The van der Waals surface area contributed by atoms with Crippen LogP contribution in [0.5, 0.6) is 0 Å². The monoisotopic (exact) mass is 276 g/mol. The summed E-state index contributed by atoms with van der Waals surface area (Å²) in [5.41, 5.74) is 1.77. The molecule has 0 bridgehead atoms. The SMILES string of the molecule is COCCOCC1CCN(c2nc3ccccc3o2)C1. The van der Waals surface area contributed by atoms with Crippen LogP contribution < -0.4 is 4.90 Å². The Morgan fingerprint density at radius 1 is 1.35 bits per heavy atom. The molecule has 0 spiro atoms. The maximum absolute atomic E-state index is 5.80. The molecule has 108 valence electrons. The average Bonchev–Trinajstić information content (AvgIpc) is 3.09. The Balaban J connectivity index is 1.56. The Morgan fingerprint density at radius 2 is 2.25 bits per heavy atom. The molecule has 1 saturated heterocycles. The molecular formula is C15H20N2O3. The summed E-state index contributed by atoms with van der Waals surface area (Å²) in [5.74, 6) is 0.543. The van der Waals surface area contributed by atoms with Crippen LogP contribution in [0.25, 0.3) is 11.1 Å². The molecule has 20 heavy (non-hydrogen) atoms. The second-order valence-electron chi connectivity index (χ2n) is 5.13. The van der Waals surface area contributed by atoms with Gasteiger partial charge in [0, 0.05) is 26.1 Å². The standard InChI is InChI=1S/C15H20N2O3/c1-18-8-9-19-11-12-6-7-17(10-12)15-16-13-4-2-3-5-14(13)20-15/h2-5,12H,6-11H2,1H3. The van der Waals surface area contributed by atoms with E-state index in [0.717, 1.165) is 43.2 Å². The van der Waals surface area contributed by atoms with Gasteiger partial charge in [-0.2, -0.15) is 4.98 Å². The minimum absolute atomic E-state index is 0.543. The quantitative estimate of drug-likeness (QED) is 0.758. The van der Waals surface area contributed by atoms with Crippen LogP contribution in [0.2, 0.25) is 0 Å². The summed E-state index contributed by atoms with van der Waals surface area (Å²) >= 11 is 0. The third-order valence-corrected chi connectivity index (χ3v) is 3.62. The van der Waals surface area contributed by atoms with Gasteiger partial charge in [-0.3, -0.25) is 0 Å². The van der Waals surface area contributed by atoms with E-state index in [1.807, 2.05) is 24.3 Å². The number of anilines is 1. The summed E-state index contributed by atoms with van der Waals surface area (Å²) in [4.78, 5) is 6.74. The van der Waals surface area contributed by atoms with Gasteiger partial charge in [0.15, 0.2) is 5.58 Å². The van der Waals surface area contributed by atoms with Crippen LogP contribution in [0, 0.1) is 5.92 Å². The lowest BCUT2D eigenvalue weighted by Crippen LogP contribution is -2.21. The number of para-hydroxylation sites is 2. The molecule has 2 heterocycles. The van der Waals surface area contributed by atoms with E-state index in [0.29, 0.717) is 19.1 Å². The molecule has 1 aliphatic rings. The van der Waals surface area contributed by atoms with Crippen LogP contribution >= 0.6 is 0 Å². The lowest BCUT2D eigenvalue weighted by atomic mass is 10.1. The van der Waals surface area contributed by atoms with Crippen molar-refractivity contribution in [2.24, 2.45) is 5.92 Å². The molecule has 0 N–H and O–H groups in total. The molecule has 2 aromatic rings. The highest BCUT2D eigenvalue weighted by Gasteiger charge is 2.26. The third-order valence-electron chi connectivity index (χ3n) is 3.62. The lowest BCUT2D eigenvalue weighted by molar-refractivity contribution is 0.0548. The number of hydrogen-bond acceptors (Lipinski definition) is 5. The highest BCUT2D eigenvalue weighted by atomic mass is 16.5. The maximum atomic E-state index is 5.80. The van der Waals surface area contributed by atoms with E-state index in [9.17, 15) is 0 Å². The van der Waals surface area contributed by atoms with E-state index in [-0.39, 0.29) is 0 Å². The molecule has 0 saturated carbocycles. The zero-order valence-electron chi connectivity index (χ0n) is 11.7. The van der Waals surface area contributed by atoms with Crippen molar-refractivity contribution in [3.63, 3.8) is 0 Å². The summed E-state index contributed by atoms with van der Waals surface area (Å²) in [7, 11) is 1.69. The van der Waals surface area contributed by atoms with Gasteiger partial charge >= 0.3 is 0 Å². The molecule has 0 radical (unpaired) electrons. The fourth-order valence-electron chi connectivity index (χ4n) is 2.53. The fraction of sp³-hybridized carbons (Fsp3) is 0.533. The molecule has 1 atom stereocenters. The molecule has 5 heteroatoms. The van der Waals surface area contributed by atoms with Crippen molar-refractivity contribution < 1.29 is 13.9 Å². The molecule has 0 amide bonds. The molecule has 1 fully saturated rings. The summed E-state index contributed by atoms with van der Waals surface area (Å²) in [6.07, 6.45) is 1.12. The number of ether oxygens (including phenoxy) is 2. The second kappa shape index (κ2) is 6.24. The van der Waals surface area contributed by atoms with E-state index in [2.05, 4.69) is 9.88 Å². The Hall–Kier alpha value is -1.59. The largest absolute Gasteiger partial charge is 0.423 e. The predicted molar refractivity (Wildman–Crippen MR) is 77.0 cm³/mol. The van der Waals surface area contributed by atoms with Gasteiger partial charge < -0.3 is 18.8 Å². The molecule has 5 nitrogen and oxygen atoms in total. The molecule has 1 aromatic carbocycles. The van der Waals surface area contributed by atoms with Crippen molar-refractivity contribution in [1.82, 2.24) is 4.98 Å². The molecule has 0 aliphatic carbocycles. The van der Waals surface area contributed by atoms with Crippen LogP contribution in [-0.4, -0.2) is 45.0 Å². The van der Waals surface area contributed by atoms with Crippen LogP contribution in [0.4, 0.5) is 6.01 Å². The van der Waals surface area contributed by atoms with Crippen LogP contribution in [0.3, 0.4) is 0 Å². The highest BCUT2D eigenvalue weighted by molar-refractivity contribution is 5.74. The van der Waals surface area contributed by atoms with Crippen molar-refractivity contribution in [2.45, 2.75) is 6.42 Å². The summed E-state index contributed by atoms with van der Waals surface area (Å²) in [6.45, 7) is 4.02. The zero-order valence-corrected chi connectivity index (χ0v) is 11.7. The Morgan fingerprint density at radius 3 is 3.10 bits per heavy atom. The second-order valence-corrected chi connectivity index (χ2v) is 5.13. The van der Waals surface area contributed by atoms with Crippen LogP contribution in [0.1, 0.15) is 6.42 Å². The minimum atomic E-state index is 0.543. The first kappa shape index (κ1) is 13.4. The van der Waals surface area contributed by atoms with E-state index < -0.39 is 0 Å². The van der Waals surface area contributed by atoms with Gasteiger partial charge in [0.2, 0.25) is 0 Å². The maximum Gasteiger partial charge on any atom is 0.298 e. The normalized spacial score (nSPS) is 19.1. The van der Waals surface area contributed by atoms with E-state index in [1.54, 1.807) is 7.11 Å². The number of fused-ring (bicyclic) bond motifs is 1. The number of methoxy groups -OCH3 is 1. The first-order valence-corrected chi connectivity index (χ1v) is 7.04. The average molecular weight is 276 g/mol. The number of nitrogens with zero attached hydrogens (tertiary/aromatic N) is 2. The smallest absolute Gasteiger partial charge is 0.298 e. The first-order valence-electron chi connectivity index (χ1n) is 7.04. The van der Waals surface area contributed by atoms with Crippen LogP contribution in [-0.2, 0) is 9.47 Å². The number of oxazole rings is 1. The summed E-state index contributed by atoms with van der Waals surface area (Å²) < 4.78 is 16.4. The lowest BCUT2D eigenvalue weighted by Gasteiger charge is -2.13. The number of aromatic nitrogens is 1. The van der Waals surface area contributed by atoms with Gasteiger partial charge in [-0.1, -0.05) is 12.1 Å². The molecular weight excluding hydrogens is 256 g/mol. The van der Waals surface area contributed by atoms with E-state index in [4.69, 9.17) is 13.9 Å². The van der Waals surface area contributed by atoms with Gasteiger partial charge in [0.05, 0.1) is 19.8 Å². The molecule has 1 aliphatic heterocycles. The minimum Gasteiger partial charge on any atom is -0.423 e. The number of hydrogen-bond donors (Lipinski definition) is 0. The Labute approximate surface area is 118 Å². The van der Waals surface area contributed by atoms with Crippen molar-refractivity contribution in [1.29, 1.82) is 0 Å². The van der Waals surface area contributed by atoms with Crippen molar-refractivity contribution in [3.05, 3.63) is 24.3 Å². The molecule has 3 rings (SSSR count). The summed E-state index contributed by atoms with van der Waals surface area (Å²) in [5, 5.41) is 0. The fourth-order valence-corrected chi connectivity index (χ4v) is 2.53. The zero-order chi connectivity index (χ0) is 13.8.